The third-order valence-corrected chi connectivity index (χ3v) is 2.62. The number of nitrogen functional groups attached to an aromatic ring is 1. The molecule has 1 aromatic carbocycles. The maximum Gasteiger partial charge on any atom is 0.410 e. The van der Waals surface area contributed by atoms with Gasteiger partial charge < -0.3 is 15.4 Å². The molecule has 2 N–H and O–H groups in total. The number of amides is 1. The maximum absolute atomic E-state index is 11.2. The fourth-order valence-electron chi connectivity index (χ4n) is 1.48. The highest BCUT2D eigenvalue weighted by Gasteiger charge is 2.21. The van der Waals surface area contributed by atoms with E-state index in [0.29, 0.717) is 30.4 Å². The first-order chi connectivity index (χ1) is 7.16. The van der Waals surface area contributed by atoms with E-state index >= 15 is 0 Å². The summed E-state index contributed by atoms with van der Waals surface area (Å²) in [5.74, 6) is 0. The second-order valence-corrected chi connectivity index (χ2v) is 3.80. The van der Waals surface area contributed by atoms with Gasteiger partial charge in [-0.3, -0.25) is 0 Å². The summed E-state index contributed by atoms with van der Waals surface area (Å²) in [6.07, 6.45) is -0.275. The lowest BCUT2D eigenvalue weighted by Crippen LogP contribution is -2.23. The number of halogens is 1. The molecule has 1 aromatic rings. The zero-order valence-corrected chi connectivity index (χ0v) is 8.83. The van der Waals surface area contributed by atoms with E-state index in [9.17, 15) is 4.79 Å². The molecule has 0 atom stereocenters. The van der Waals surface area contributed by atoms with Gasteiger partial charge in [-0.25, -0.2) is 4.79 Å². The summed E-state index contributed by atoms with van der Waals surface area (Å²) >= 11 is 5.80. The predicted octanol–water partition coefficient (Wildman–Crippen LogP) is 1.87. The molecule has 0 bridgehead atoms. The summed E-state index contributed by atoms with van der Waals surface area (Å²) in [6.45, 7) is 1.60. The highest BCUT2D eigenvalue weighted by atomic mass is 35.5. The summed E-state index contributed by atoms with van der Waals surface area (Å²) < 4.78 is 4.82. The van der Waals surface area contributed by atoms with Gasteiger partial charge in [0.05, 0.1) is 17.3 Å². The number of nitrogens with zero attached hydrogens (tertiary/aromatic N) is 1. The molecule has 0 spiro atoms. The summed E-state index contributed by atoms with van der Waals surface area (Å²) in [5.41, 5.74) is 7.15. The van der Waals surface area contributed by atoms with Crippen LogP contribution in [0.15, 0.2) is 18.2 Å². The Morgan fingerprint density at radius 3 is 2.93 bits per heavy atom. The van der Waals surface area contributed by atoms with Gasteiger partial charge in [-0.05, 0) is 17.7 Å². The minimum Gasteiger partial charge on any atom is -0.448 e. The van der Waals surface area contributed by atoms with Crippen molar-refractivity contribution in [2.24, 2.45) is 0 Å². The largest absolute Gasteiger partial charge is 0.448 e. The number of hydrogen-bond acceptors (Lipinski definition) is 3. The molecule has 1 aliphatic heterocycles. The number of nitrogens with two attached hydrogens (primary N) is 1. The molecule has 1 aliphatic rings. The molecule has 0 aromatic heterocycles. The number of anilines is 1. The quantitative estimate of drug-likeness (QED) is 0.784. The summed E-state index contributed by atoms with van der Waals surface area (Å²) in [7, 11) is 0. The van der Waals surface area contributed by atoms with Crippen molar-refractivity contribution in [3.8, 4) is 0 Å². The molecule has 1 fully saturated rings. The van der Waals surface area contributed by atoms with Crippen LogP contribution in [0.4, 0.5) is 10.5 Å². The SMILES string of the molecule is Nc1cc(CN2CCOC2=O)ccc1Cl. The van der Waals surface area contributed by atoms with Gasteiger partial charge in [-0.1, -0.05) is 17.7 Å². The van der Waals surface area contributed by atoms with E-state index in [-0.39, 0.29) is 6.09 Å². The van der Waals surface area contributed by atoms with E-state index in [2.05, 4.69) is 0 Å². The Hall–Kier alpha value is -1.42. The van der Waals surface area contributed by atoms with Crippen LogP contribution in [-0.2, 0) is 11.3 Å². The average Bonchev–Trinajstić information content (AvgIpc) is 2.59. The zero-order valence-electron chi connectivity index (χ0n) is 8.07. The van der Waals surface area contributed by atoms with Crippen LogP contribution in [0, 0.1) is 0 Å². The van der Waals surface area contributed by atoms with E-state index in [0.717, 1.165) is 5.56 Å². The number of hydrogen-bond donors (Lipinski definition) is 1. The highest BCUT2D eigenvalue weighted by molar-refractivity contribution is 6.33. The second-order valence-electron chi connectivity index (χ2n) is 3.39. The smallest absolute Gasteiger partial charge is 0.410 e. The Labute approximate surface area is 92.6 Å². The van der Waals surface area contributed by atoms with Gasteiger partial charge in [0.1, 0.15) is 6.61 Å². The van der Waals surface area contributed by atoms with Gasteiger partial charge in [0.2, 0.25) is 0 Å². The van der Waals surface area contributed by atoms with Crippen molar-refractivity contribution in [1.29, 1.82) is 0 Å². The topological polar surface area (TPSA) is 55.6 Å². The van der Waals surface area contributed by atoms with Gasteiger partial charge in [-0.15, -0.1) is 0 Å². The number of rotatable bonds is 2. The van der Waals surface area contributed by atoms with Crippen LogP contribution < -0.4 is 5.73 Å². The molecular weight excluding hydrogens is 216 g/mol. The lowest BCUT2D eigenvalue weighted by molar-refractivity contribution is 0.157. The first-order valence-corrected chi connectivity index (χ1v) is 5.00. The molecule has 2 rings (SSSR count). The summed E-state index contributed by atoms with van der Waals surface area (Å²) in [5, 5.41) is 0.530. The first-order valence-electron chi connectivity index (χ1n) is 4.62. The Morgan fingerprint density at radius 1 is 1.53 bits per heavy atom. The maximum atomic E-state index is 11.2. The van der Waals surface area contributed by atoms with E-state index in [1.807, 2.05) is 6.07 Å². The number of cyclic esters (lactones) is 1. The second kappa shape index (κ2) is 3.98. The van der Waals surface area contributed by atoms with Crippen molar-refractivity contribution < 1.29 is 9.53 Å². The van der Waals surface area contributed by atoms with Crippen LogP contribution in [0.3, 0.4) is 0 Å². The fraction of sp³-hybridized carbons (Fsp3) is 0.300. The molecule has 0 saturated carbocycles. The Morgan fingerprint density at radius 2 is 2.33 bits per heavy atom. The van der Waals surface area contributed by atoms with E-state index in [1.165, 1.54) is 0 Å². The number of carbonyl (C=O) groups is 1. The average molecular weight is 227 g/mol. The van der Waals surface area contributed by atoms with Gasteiger partial charge in [0, 0.05) is 6.54 Å². The summed E-state index contributed by atoms with van der Waals surface area (Å²) in [6, 6.07) is 5.35. The molecule has 1 saturated heterocycles. The van der Waals surface area contributed by atoms with E-state index < -0.39 is 0 Å². The molecule has 0 aliphatic carbocycles. The third-order valence-electron chi connectivity index (χ3n) is 2.28. The van der Waals surface area contributed by atoms with Crippen LogP contribution in [0.1, 0.15) is 5.56 Å². The molecule has 1 heterocycles. The van der Waals surface area contributed by atoms with Gasteiger partial charge in [-0.2, -0.15) is 0 Å². The molecular formula is C10H11ClN2O2. The summed E-state index contributed by atoms with van der Waals surface area (Å²) in [4.78, 5) is 12.8. The minimum absolute atomic E-state index is 0.275. The van der Waals surface area contributed by atoms with Crippen molar-refractivity contribution >= 4 is 23.4 Å². The van der Waals surface area contributed by atoms with Crippen LogP contribution in [0.2, 0.25) is 5.02 Å². The molecule has 5 heteroatoms. The van der Waals surface area contributed by atoms with Gasteiger partial charge in [0.25, 0.3) is 0 Å². The molecule has 80 valence electrons. The molecule has 15 heavy (non-hydrogen) atoms. The lowest BCUT2D eigenvalue weighted by Gasteiger charge is -2.12. The Balaban J connectivity index is 2.10. The third kappa shape index (κ3) is 2.15. The molecule has 0 unspecified atom stereocenters. The number of benzene rings is 1. The van der Waals surface area contributed by atoms with Gasteiger partial charge >= 0.3 is 6.09 Å². The van der Waals surface area contributed by atoms with Crippen molar-refractivity contribution in [3.63, 3.8) is 0 Å². The van der Waals surface area contributed by atoms with E-state index in [1.54, 1.807) is 17.0 Å². The lowest BCUT2D eigenvalue weighted by atomic mass is 10.2. The fourth-order valence-corrected chi connectivity index (χ4v) is 1.60. The van der Waals surface area contributed by atoms with Gasteiger partial charge in [0.15, 0.2) is 0 Å². The highest BCUT2D eigenvalue weighted by Crippen LogP contribution is 2.21. The Kier molecular flexibility index (Phi) is 2.68. The number of carbonyl (C=O) groups excluding carboxylic acids is 1. The molecule has 1 amide bonds. The molecule has 0 radical (unpaired) electrons. The first kappa shape index (κ1) is 10.1. The minimum atomic E-state index is -0.275. The van der Waals surface area contributed by atoms with Crippen LogP contribution in [0.5, 0.6) is 0 Å². The molecule has 4 nitrogen and oxygen atoms in total. The zero-order chi connectivity index (χ0) is 10.8. The number of ether oxygens (including phenoxy) is 1. The van der Waals surface area contributed by atoms with Crippen LogP contribution in [-0.4, -0.2) is 24.1 Å². The predicted molar refractivity (Wildman–Crippen MR) is 57.6 cm³/mol. The van der Waals surface area contributed by atoms with Crippen molar-refractivity contribution in [2.45, 2.75) is 6.54 Å². The van der Waals surface area contributed by atoms with Crippen LogP contribution >= 0.6 is 11.6 Å². The normalized spacial score (nSPS) is 15.5. The van der Waals surface area contributed by atoms with Crippen LogP contribution in [0.25, 0.3) is 0 Å². The van der Waals surface area contributed by atoms with E-state index in [4.69, 9.17) is 22.1 Å². The van der Waals surface area contributed by atoms with Crippen molar-refractivity contribution in [2.75, 3.05) is 18.9 Å². The Bertz CT molecular complexity index is 395. The monoisotopic (exact) mass is 226 g/mol. The van der Waals surface area contributed by atoms with Crippen molar-refractivity contribution in [1.82, 2.24) is 4.90 Å². The van der Waals surface area contributed by atoms with Crippen molar-refractivity contribution in [3.05, 3.63) is 28.8 Å². The standard InChI is InChI=1S/C10H11ClN2O2/c11-8-2-1-7(5-9(8)12)6-13-3-4-15-10(13)14/h1-2,5H,3-4,6,12H2.